The summed E-state index contributed by atoms with van der Waals surface area (Å²) in [5.74, 6) is -3.42. The van der Waals surface area contributed by atoms with Gasteiger partial charge in [-0.15, -0.1) is 0 Å². The summed E-state index contributed by atoms with van der Waals surface area (Å²) < 4.78 is 21.1. The smallest absolute Gasteiger partial charge is 0.408 e. The molecule has 0 bridgehead atoms. The van der Waals surface area contributed by atoms with Gasteiger partial charge in [0.05, 0.1) is 0 Å². The Hall–Kier alpha value is -4.16. The highest BCUT2D eigenvalue weighted by Crippen LogP contribution is 2.13. The van der Waals surface area contributed by atoms with Gasteiger partial charge >= 0.3 is 24.0 Å². The quantitative estimate of drug-likeness (QED) is 0.203. The second-order valence-corrected chi connectivity index (χ2v) is 13.4. The van der Waals surface area contributed by atoms with Crippen molar-refractivity contribution in [3.05, 3.63) is 35.9 Å². The maximum Gasteiger partial charge on any atom is 0.408 e. The molecular formula is C32H49N3O10. The highest BCUT2D eigenvalue weighted by molar-refractivity contribution is 5.90. The number of esters is 3. The van der Waals surface area contributed by atoms with E-state index in [0.29, 0.717) is 0 Å². The Morgan fingerprint density at radius 1 is 0.667 bits per heavy atom. The molecule has 0 spiro atoms. The predicted molar refractivity (Wildman–Crippen MR) is 164 cm³/mol. The van der Waals surface area contributed by atoms with Crippen LogP contribution < -0.4 is 16.0 Å². The number of nitrogens with one attached hydrogen (secondary N) is 3. The number of carbonyl (C=O) groups excluding carboxylic acids is 6. The second kappa shape index (κ2) is 17.4. The summed E-state index contributed by atoms with van der Waals surface area (Å²) in [6.07, 6.45) is -1.68. The lowest BCUT2D eigenvalue weighted by Crippen LogP contribution is -2.49. The summed E-state index contributed by atoms with van der Waals surface area (Å²) >= 11 is 0. The molecule has 2 atom stereocenters. The molecule has 13 nitrogen and oxygen atoms in total. The normalized spacial score (nSPS) is 13.0. The van der Waals surface area contributed by atoms with E-state index in [9.17, 15) is 28.8 Å². The predicted octanol–water partition coefficient (Wildman–Crippen LogP) is 3.47. The van der Waals surface area contributed by atoms with Crippen molar-refractivity contribution in [2.75, 3.05) is 6.54 Å². The van der Waals surface area contributed by atoms with E-state index >= 15 is 0 Å². The van der Waals surface area contributed by atoms with Crippen molar-refractivity contribution in [2.24, 2.45) is 0 Å². The van der Waals surface area contributed by atoms with Crippen LogP contribution in [0.15, 0.2) is 30.3 Å². The Morgan fingerprint density at radius 3 is 1.78 bits per heavy atom. The molecule has 0 aliphatic rings. The summed E-state index contributed by atoms with van der Waals surface area (Å²) in [7, 11) is 0. The lowest BCUT2D eigenvalue weighted by molar-refractivity contribution is -0.158. The van der Waals surface area contributed by atoms with Gasteiger partial charge < -0.3 is 34.9 Å². The lowest BCUT2D eigenvalue weighted by atomic mass is 10.1. The van der Waals surface area contributed by atoms with Gasteiger partial charge in [0.25, 0.3) is 0 Å². The standard InChI is InChI=1S/C32H49N3O10/c1-30(2,3)43-26(38)19-33-27(39)22(16-18-25(37)42-20-21-13-11-10-12-14-21)34-24(36)17-15-23(28(40)44-31(4,5)6)35-29(41)45-32(7,8)9/h10-14,22-23H,15-20H2,1-9H3,(H,33,39)(H,34,36)(H,35,41)/t22-,23-/m0/s1. The Labute approximate surface area is 265 Å². The van der Waals surface area contributed by atoms with E-state index in [1.165, 1.54) is 0 Å². The maximum absolute atomic E-state index is 13.0. The molecule has 13 heteroatoms. The molecule has 1 rings (SSSR count). The van der Waals surface area contributed by atoms with Crippen LogP contribution >= 0.6 is 0 Å². The van der Waals surface area contributed by atoms with Crippen LogP contribution in [-0.4, -0.2) is 71.2 Å². The maximum atomic E-state index is 13.0. The first-order valence-electron chi connectivity index (χ1n) is 14.8. The minimum atomic E-state index is -1.22. The fourth-order valence-corrected chi connectivity index (χ4v) is 3.61. The topological polar surface area (TPSA) is 175 Å². The summed E-state index contributed by atoms with van der Waals surface area (Å²) in [5.41, 5.74) is -1.68. The molecule has 3 N–H and O–H groups in total. The Morgan fingerprint density at radius 2 is 1.22 bits per heavy atom. The molecule has 0 aliphatic carbocycles. The highest BCUT2D eigenvalue weighted by Gasteiger charge is 2.30. The Bertz CT molecular complexity index is 1160. The van der Waals surface area contributed by atoms with Crippen molar-refractivity contribution in [3.8, 4) is 0 Å². The molecule has 0 fully saturated rings. The van der Waals surface area contributed by atoms with E-state index in [1.54, 1.807) is 86.6 Å². The van der Waals surface area contributed by atoms with Crippen molar-refractivity contribution in [1.29, 1.82) is 0 Å². The largest absolute Gasteiger partial charge is 0.461 e. The number of rotatable bonds is 14. The number of ether oxygens (including phenoxy) is 4. The third-order valence-electron chi connectivity index (χ3n) is 5.40. The van der Waals surface area contributed by atoms with Gasteiger partial charge in [0.2, 0.25) is 11.8 Å². The number of carbonyl (C=O) groups is 6. The minimum absolute atomic E-state index is 0.0399. The molecule has 0 unspecified atom stereocenters. The third-order valence-corrected chi connectivity index (χ3v) is 5.40. The van der Waals surface area contributed by atoms with Crippen LogP contribution in [0.3, 0.4) is 0 Å². The van der Waals surface area contributed by atoms with Crippen molar-refractivity contribution in [2.45, 2.75) is 123 Å². The average molecular weight is 636 g/mol. The monoisotopic (exact) mass is 635 g/mol. The van der Waals surface area contributed by atoms with Gasteiger partial charge in [0.1, 0.15) is 42.0 Å². The zero-order valence-corrected chi connectivity index (χ0v) is 27.9. The molecule has 1 aromatic rings. The summed E-state index contributed by atoms with van der Waals surface area (Å²) in [6.45, 7) is 14.6. The lowest BCUT2D eigenvalue weighted by Gasteiger charge is -2.26. The Balaban J connectivity index is 2.93. The fraction of sp³-hybridized carbons (Fsp3) is 0.625. The molecular weight excluding hydrogens is 586 g/mol. The molecule has 0 aromatic heterocycles. The van der Waals surface area contributed by atoms with E-state index < -0.39 is 71.2 Å². The van der Waals surface area contributed by atoms with E-state index in [2.05, 4.69) is 16.0 Å². The van der Waals surface area contributed by atoms with Gasteiger partial charge in [-0.3, -0.25) is 19.2 Å². The van der Waals surface area contributed by atoms with Gasteiger partial charge in [-0.25, -0.2) is 9.59 Å². The van der Waals surface area contributed by atoms with Crippen LogP contribution in [-0.2, 0) is 49.5 Å². The summed E-state index contributed by atoms with van der Waals surface area (Å²) in [6, 6.07) is 6.59. The van der Waals surface area contributed by atoms with Crippen LogP contribution in [0.5, 0.6) is 0 Å². The molecule has 45 heavy (non-hydrogen) atoms. The van der Waals surface area contributed by atoms with E-state index in [0.717, 1.165) is 5.56 Å². The number of hydrogen-bond donors (Lipinski definition) is 3. The van der Waals surface area contributed by atoms with Gasteiger partial charge in [-0.1, -0.05) is 30.3 Å². The van der Waals surface area contributed by atoms with Crippen molar-refractivity contribution in [3.63, 3.8) is 0 Å². The van der Waals surface area contributed by atoms with Crippen molar-refractivity contribution in [1.82, 2.24) is 16.0 Å². The molecule has 3 amide bonds. The number of alkyl carbamates (subject to hydrolysis) is 1. The van der Waals surface area contributed by atoms with E-state index in [1.807, 2.05) is 6.07 Å². The third kappa shape index (κ3) is 19.0. The van der Waals surface area contributed by atoms with Gasteiger partial charge in [0.15, 0.2) is 0 Å². The summed E-state index contributed by atoms with van der Waals surface area (Å²) in [4.78, 5) is 75.7. The molecule has 0 saturated carbocycles. The number of benzene rings is 1. The zero-order chi connectivity index (χ0) is 34.4. The van der Waals surface area contributed by atoms with E-state index in [4.69, 9.17) is 18.9 Å². The van der Waals surface area contributed by atoms with Crippen LogP contribution in [0.1, 0.15) is 93.6 Å². The molecule has 0 radical (unpaired) electrons. The minimum Gasteiger partial charge on any atom is -0.461 e. The Kier molecular flexibility index (Phi) is 15.0. The second-order valence-electron chi connectivity index (χ2n) is 13.4. The van der Waals surface area contributed by atoms with Gasteiger partial charge in [-0.05, 0) is 80.7 Å². The molecule has 0 aliphatic heterocycles. The van der Waals surface area contributed by atoms with Crippen LogP contribution in [0.4, 0.5) is 4.79 Å². The van der Waals surface area contributed by atoms with Crippen molar-refractivity contribution < 1.29 is 47.7 Å². The molecule has 0 heterocycles. The zero-order valence-electron chi connectivity index (χ0n) is 27.9. The van der Waals surface area contributed by atoms with Crippen molar-refractivity contribution >= 4 is 35.8 Å². The first-order chi connectivity index (χ1) is 20.6. The highest BCUT2D eigenvalue weighted by atomic mass is 16.6. The first-order valence-corrected chi connectivity index (χ1v) is 14.8. The SMILES string of the molecule is CC(C)(C)OC(=O)CNC(=O)[C@H](CCC(=O)OCc1ccccc1)NC(=O)CC[C@H](NC(=O)OC(C)(C)C)C(=O)OC(C)(C)C. The van der Waals surface area contributed by atoms with Crippen LogP contribution in [0.25, 0.3) is 0 Å². The van der Waals surface area contributed by atoms with E-state index in [-0.39, 0.29) is 32.3 Å². The number of amides is 3. The molecule has 252 valence electrons. The molecule has 1 aromatic carbocycles. The molecule has 0 saturated heterocycles. The van der Waals surface area contributed by atoms with Gasteiger partial charge in [0, 0.05) is 12.8 Å². The number of hydrogen-bond acceptors (Lipinski definition) is 10. The summed E-state index contributed by atoms with van der Waals surface area (Å²) in [5, 5.41) is 7.40. The fourth-order valence-electron chi connectivity index (χ4n) is 3.61. The van der Waals surface area contributed by atoms with Gasteiger partial charge in [-0.2, -0.15) is 0 Å². The first kappa shape index (κ1) is 38.9. The van der Waals surface area contributed by atoms with Crippen LogP contribution in [0, 0.1) is 0 Å². The average Bonchev–Trinajstić information content (AvgIpc) is 2.88. The van der Waals surface area contributed by atoms with Crippen LogP contribution in [0.2, 0.25) is 0 Å².